The van der Waals surface area contributed by atoms with Crippen molar-refractivity contribution in [3.05, 3.63) is 36.0 Å². The Balaban J connectivity index is 2.27. The van der Waals surface area contributed by atoms with Crippen LogP contribution in [0.1, 0.15) is 0 Å². The van der Waals surface area contributed by atoms with Crippen molar-refractivity contribution in [1.29, 1.82) is 0 Å². The van der Waals surface area contributed by atoms with Crippen molar-refractivity contribution in [1.82, 2.24) is 9.97 Å². The van der Waals surface area contributed by atoms with E-state index >= 15 is 0 Å². The van der Waals surface area contributed by atoms with E-state index in [1.54, 1.807) is 17.5 Å². The van der Waals surface area contributed by atoms with Crippen molar-refractivity contribution in [2.24, 2.45) is 0 Å². The first kappa shape index (κ1) is 8.49. The summed E-state index contributed by atoms with van der Waals surface area (Å²) < 4.78 is 0. The second-order valence-corrected chi connectivity index (χ2v) is 4.28. The molecule has 0 saturated heterocycles. The van der Waals surface area contributed by atoms with Crippen LogP contribution < -0.4 is 5.73 Å². The van der Waals surface area contributed by atoms with Crippen LogP contribution >= 0.6 is 11.3 Å². The number of nitrogen functional groups attached to an aromatic ring is 1. The Morgan fingerprint density at radius 3 is 3.13 bits per heavy atom. The van der Waals surface area contributed by atoms with E-state index in [0.717, 1.165) is 27.2 Å². The highest BCUT2D eigenvalue weighted by Crippen LogP contribution is 2.31. The van der Waals surface area contributed by atoms with Gasteiger partial charge in [-0.25, -0.2) is 4.98 Å². The highest BCUT2D eigenvalue weighted by Gasteiger charge is 2.07. The van der Waals surface area contributed by atoms with Crippen molar-refractivity contribution < 1.29 is 0 Å². The van der Waals surface area contributed by atoms with Crippen molar-refractivity contribution in [2.75, 3.05) is 5.73 Å². The second kappa shape index (κ2) is 3.10. The molecule has 3 aromatic heterocycles. The van der Waals surface area contributed by atoms with E-state index in [0.29, 0.717) is 0 Å². The molecule has 0 atom stereocenters. The summed E-state index contributed by atoms with van der Waals surface area (Å²) in [5, 5.41) is 4.03. The molecule has 0 bridgehead atoms. The average molecular weight is 215 g/mol. The van der Waals surface area contributed by atoms with Gasteiger partial charge in [-0.1, -0.05) is 0 Å². The van der Waals surface area contributed by atoms with E-state index in [4.69, 9.17) is 5.73 Å². The molecule has 74 valence electrons. The van der Waals surface area contributed by atoms with Gasteiger partial charge in [-0.3, -0.25) is 0 Å². The van der Waals surface area contributed by atoms with E-state index in [1.807, 2.05) is 18.3 Å². The Labute approximate surface area is 90.6 Å². The molecule has 0 aliphatic heterocycles. The number of nitrogens with two attached hydrogens (primary N) is 1. The summed E-state index contributed by atoms with van der Waals surface area (Å²) in [6.45, 7) is 0. The normalized spacial score (nSPS) is 10.9. The number of aromatic amines is 1. The first-order chi connectivity index (χ1) is 7.34. The topological polar surface area (TPSA) is 54.7 Å². The Kier molecular flexibility index (Phi) is 1.76. The molecule has 4 heteroatoms. The fraction of sp³-hybridized carbons (Fsp3) is 0. The standard InChI is InChI=1S/C11H9N3S/c12-10-4-7(6-15-10)9-5-14-11-8(9)2-1-3-13-11/h1-6H,12H2,(H,13,14). The minimum absolute atomic E-state index is 0.836. The van der Waals surface area contributed by atoms with E-state index < -0.39 is 0 Å². The summed E-state index contributed by atoms with van der Waals surface area (Å²) >= 11 is 1.55. The molecule has 0 aliphatic rings. The van der Waals surface area contributed by atoms with E-state index in [-0.39, 0.29) is 0 Å². The van der Waals surface area contributed by atoms with Gasteiger partial charge in [0.1, 0.15) is 5.65 Å². The van der Waals surface area contributed by atoms with Crippen molar-refractivity contribution in [3.63, 3.8) is 0 Å². The summed E-state index contributed by atoms with van der Waals surface area (Å²) in [5.41, 5.74) is 8.94. The van der Waals surface area contributed by atoms with Crippen molar-refractivity contribution >= 4 is 27.4 Å². The van der Waals surface area contributed by atoms with Gasteiger partial charge in [0.25, 0.3) is 0 Å². The number of H-pyrrole nitrogens is 1. The van der Waals surface area contributed by atoms with Crippen LogP contribution in [0.2, 0.25) is 0 Å². The SMILES string of the molecule is Nc1cc(-c2c[nH]c3ncccc23)cs1. The molecule has 0 radical (unpaired) electrons. The fourth-order valence-corrected chi connectivity index (χ4v) is 2.34. The van der Waals surface area contributed by atoms with Crippen LogP contribution in [0.15, 0.2) is 36.0 Å². The number of pyridine rings is 1. The quantitative estimate of drug-likeness (QED) is 0.655. The predicted octanol–water partition coefficient (Wildman–Crippen LogP) is 2.87. The predicted molar refractivity (Wildman–Crippen MR) is 63.8 cm³/mol. The van der Waals surface area contributed by atoms with Crippen LogP contribution in [-0.2, 0) is 0 Å². The molecule has 3 aromatic rings. The van der Waals surface area contributed by atoms with Crippen LogP contribution in [0.3, 0.4) is 0 Å². The van der Waals surface area contributed by atoms with Crippen LogP contribution in [0, 0.1) is 0 Å². The summed E-state index contributed by atoms with van der Waals surface area (Å²) in [6, 6.07) is 5.98. The Morgan fingerprint density at radius 2 is 2.33 bits per heavy atom. The van der Waals surface area contributed by atoms with Crippen molar-refractivity contribution in [2.45, 2.75) is 0 Å². The van der Waals surface area contributed by atoms with Gasteiger partial charge in [-0.15, -0.1) is 11.3 Å². The molecule has 3 N–H and O–H groups in total. The van der Waals surface area contributed by atoms with Crippen molar-refractivity contribution in [3.8, 4) is 11.1 Å². The smallest absolute Gasteiger partial charge is 0.137 e. The number of hydrogen-bond acceptors (Lipinski definition) is 3. The third-order valence-electron chi connectivity index (χ3n) is 2.38. The molecule has 0 unspecified atom stereocenters. The summed E-state index contributed by atoms with van der Waals surface area (Å²) in [7, 11) is 0. The number of aromatic nitrogens is 2. The van der Waals surface area contributed by atoms with Gasteiger partial charge in [0, 0.05) is 28.7 Å². The van der Waals surface area contributed by atoms with Crippen LogP contribution in [0.4, 0.5) is 5.00 Å². The molecular weight excluding hydrogens is 206 g/mol. The van der Waals surface area contributed by atoms with E-state index in [9.17, 15) is 0 Å². The number of fused-ring (bicyclic) bond motifs is 1. The number of nitrogens with one attached hydrogen (secondary N) is 1. The molecule has 0 saturated carbocycles. The zero-order chi connectivity index (χ0) is 10.3. The lowest BCUT2D eigenvalue weighted by Gasteiger charge is -1.93. The second-order valence-electron chi connectivity index (χ2n) is 3.34. The highest BCUT2D eigenvalue weighted by molar-refractivity contribution is 7.14. The lowest BCUT2D eigenvalue weighted by molar-refractivity contribution is 1.33. The number of anilines is 1. The Morgan fingerprint density at radius 1 is 1.40 bits per heavy atom. The van der Waals surface area contributed by atoms with Gasteiger partial charge in [0.2, 0.25) is 0 Å². The molecule has 3 nitrogen and oxygen atoms in total. The number of thiophene rings is 1. The maximum Gasteiger partial charge on any atom is 0.137 e. The van der Waals surface area contributed by atoms with E-state index in [1.165, 1.54) is 0 Å². The fourth-order valence-electron chi connectivity index (χ4n) is 1.69. The third kappa shape index (κ3) is 1.30. The van der Waals surface area contributed by atoms with Gasteiger partial charge >= 0.3 is 0 Å². The summed E-state index contributed by atoms with van der Waals surface area (Å²) in [5.74, 6) is 0. The molecule has 3 heterocycles. The Bertz CT molecular complexity index is 609. The Hall–Kier alpha value is -1.81. The zero-order valence-electron chi connectivity index (χ0n) is 7.90. The third-order valence-corrected chi connectivity index (χ3v) is 3.14. The number of rotatable bonds is 1. The van der Waals surface area contributed by atoms with Crippen LogP contribution in [-0.4, -0.2) is 9.97 Å². The molecule has 0 spiro atoms. The minimum atomic E-state index is 0.836. The lowest BCUT2D eigenvalue weighted by Crippen LogP contribution is -1.75. The molecular formula is C11H9N3S. The number of hydrogen-bond donors (Lipinski definition) is 2. The van der Waals surface area contributed by atoms with Gasteiger partial charge in [0.15, 0.2) is 0 Å². The molecule has 15 heavy (non-hydrogen) atoms. The minimum Gasteiger partial charge on any atom is -0.391 e. The largest absolute Gasteiger partial charge is 0.391 e. The molecule has 3 rings (SSSR count). The highest BCUT2D eigenvalue weighted by atomic mass is 32.1. The first-order valence-corrected chi connectivity index (χ1v) is 5.49. The monoisotopic (exact) mass is 215 g/mol. The van der Waals surface area contributed by atoms with Crippen LogP contribution in [0.5, 0.6) is 0 Å². The summed E-state index contributed by atoms with van der Waals surface area (Å²) in [4.78, 5) is 7.40. The molecule has 0 aromatic carbocycles. The molecule has 0 aliphatic carbocycles. The molecule has 0 fully saturated rings. The van der Waals surface area contributed by atoms with Gasteiger partial charge in [0.05, 0.1) is 5.00 Å². The van der Waals surface area contributed by atoms with E-state index in [2.05, 4.69) is 21.4 Å². The molecule has 0 amide bonds. The summed E-state index contributed by atoms with van der Waals surface area (Å²) in [6.07, 6.45) is 3.75. The average Bonchev–Trinajstić information content (AvgIpc) is 2.83. The first-order valence-electron chi connectivity index (χ1n) is 4.61. The zero-order valence-corrected chi connectivity index (χ0v) is 8.71. The van der Waals surface area contributed by atoms with Crippen LogP contribution in [0.25, 0.3) is 22.2 Å². The number of nitrogens with zero attached hydrogens (tertiary/aromatic N) is 1. The van der Waals surface area contributed by atoms with Gasteiger partial charge in [-0.05, 0) is 23.8 Å². The maximum absolute atomic E-state index is 5.72. The maximum atomic E-state index is 5.72. The van der Waals surface area contributed by atoms with Gasteiger partial charge in [-0.2, -0.15) is 0 Å². The van der Waals surface area contributed by atoms with Gasteiger partial charge < -0.3 is 10.7 Å². The lowest BCUT2D eigenvalue weighted by atomic mass is 10.1.